The molecule has 0 radical (unpaired) electrons. The third-order valence-corrected chi connectivity index (χ3v) is 5.89. The maximum atomic E-state index is 11.8. The Bertz CT molecular complexity index is 688. The lowest BCUT2D eigenvalue weighted by molar-refractivity contribution is -0.385. The Labute approximate surface area is 160 Å². The van der Waals surface area contributed by atoms with Crippen LogP contribution < -0.4 is 19.9 Å². The molecule has 2 aliphatic heterocycles. The second-order valence-electron chi connectivity index (χ2n) is 6.53. The Morgan fingerprint density at radius 2 is 1.89 bits per heavy atom. The zero-order valence-electron chi connectivity index (χ0n) is 15.6. The third-order valence-electron chi connectivity index (χ3n) is 4.62. The summed E-state index contributed by atoms with van der Waals surface area (Å²) in [6.07, 6.45) is 1.72. The van der Waals surface area contributed by atoms with Crippen molar-refractivity contribution < 1.29 is 13.9 Å². The van der Waals surface area contributed by atoms with Crippen molar-refractivity contribution in [3.05, 3.63) is 10.1 Å². The zero-order chi connectivity index (χ0) is 19.2. The average molecular weight is 398 g/mol. The van der Waals surface area contributed by atoms with E-state index in [1.165, 1.54) is 0 Å². The molecular weight excluding hydrogens is 372 g/mol. The quantitative estimate of drug-likeness (QED) is 0.399. The monoisotopic (exact) mass is 398 g/mol. The van der Waals surface area contributed by atoms with Crippen LogP contribution in [0.3, 0.4) is 0 Å². The topological polar surface area (TPSA) is 114 Å². The summed E-state index contributed by atoms with van der Waals surface area (Å²) in [7, 11) is -0.878. The minimum absolute atomic E-state index is 0.0266. The van der Waals surface area contributed by atoms with Crippen molar-refractivity contribution in [1.29, 1.82) is 0 Å². The first-order chi connectivity index (χ1) is 13.1. The van der Waals surface area contributed by atoms with E-state index in [2.05, 4.69) is 15.3 Å². The third kappa shape index (κ3) is 4.83. The normalized spacial score (nSPS) is 18.6. The summed E-state index contributed by atoms with van der Waals surface area (Å²) in [6.45, 7) is 6.43. The maximum Gasteiger partial charge on any atom is 0.373 e. The first-order valence-corrected chi connectivity index (χ1v) is 10.8. The van der Waals surface area contributed by atoms with Crippen LogP contribution in [0.2, 0.25) is 0 Å². The van der Waals surface area contributed by atoms with Gasteiger partial charge in [-0.15, -0.1) is 0 Å². The van der Waals surface area contributed by atoms with Crippen molar-refractivity contribution in [2.24, 2.45) is 0 Å². The molecular formula is C16H26N6O4S. The van der Waals surface area contributed by atoms with E-state index in [0.717, 1.165) is 39.0 Å². The van der Waals surface area contributed by atoms with Crippen LogP contribution in [0.15, 0.2) is 0 Å². The Morgan fingerprint density at radius 3 is 2.52 bits per heavy atom. The van der Waals surface area contributed by atoms with Gasteiger partial charge in [0.05, 0.1) is 11.5 Å². The van der Waals surface area contributed by atoms with Gasteiger partial charge in [0.25, 0.3) is 0 Å². The van der Waals surface area contributed by atoms with Gasteiger partial charge in [0.15, 0.2) is 0 Å². The highest BCUT2D eigenvalue weighted by Crippen LogP contribution is 2.37. The number of unbranched alkanes of at least 4 members (excludes halogenated alkanes) is 1. The van der Waals surface area contributed by atoms with Crippen LogP contribution in [0.1, 0.15) is 19.8 Å². The standard InChI is InChI=1S/C16H26N6O4S/c1-2-3-10-26-15-13(22(23)24)14(20-8-11-27(25)12-9-20)18-16(19-15)21-6-4-17-5-7-21/h17H,2-12H2,1H3. The van der Waals surface area contributed by atoms with Crippen LogP contribution in [-0.4, -0.2) is 76.5 Å². The van der Waals surface area contributed by atoms with E-state index in [4.69, 9.17) is 4.74 Å². The van der Waals surface area contributed by atoms with Crippen LogP contribution in [0, 0.1) is 10.1 Å². The van der Waals surface area contributed by atoms with Crippen molar-refractivity contribution >= 4 is 28.3 Å². The summed E-state index contributed by atoms with van der Waals surface area (Å²) in [5.41, 5.74) is -0.197. The molecule has 0 aliphatic carbocycles. The molecule has 0 atom stereocenters. The highest BCUT2D eigenvalue weighted by atomic mass is 32.2. The lowest BCUT2D eigenvalue weighted by Gasteiger charge is -2.30. The number of rotatable bonds is 7. The molecule has 3 heterocycles. The Kier molecular flexibility index (Phi) is 6.78. The fourth-order valence-electron chi connectivity index (χ4n) is 3.06. The number of piperazine rings is 1. The molecule has 1 N–H and O–H groups in total. The highest BCUT2D eigenvalue weighted by molar-refractivity contribution is 7.85. The number of nitrogens with zero attached hydrogens (tertiary/aromatic N) is 5. The highest BCUT2D eigenvalue weighted by Gasteiger charge is 2.32. The van der Waals surface area contributed by atoms with Crippen LogP contribution >= 0.6 is 0 Å². The van der Waals surface area contributed by atoms with E-state index in [-0.39, 0.29) is 17.4 Å². The summed E-state index contributed by atoms with van der Waals surface area (Å²) in [6, 6.07) is 0. The molecule has 150 valence electrons. The molecule has 3 rings (SSSR count). The molecule has 1 aromatic rings. The minimum atomic E-state index is -0.878. The van der Waals surface area contributed by atoms with Gasteiger partial charge >= 0.3 is 11.6 Å². The van der Waals surface area contributed by atoms with Gasteiger partial charge in [0.1, 0.15) is 0 Å². The number of nitro groups is 1. The molecule has 0 bridgehead atoms. The predicted octanol–water partition coefficient (Wildman–Crippen LogP) is 0.542. The molecule has 10 nitrogen and oxygen atoms in total. The minimum Gasteiger partial charge on any atom is -0.473 e. The van der Waals surface area contributed by atoms with E-state index in [9.17, 15) is 14.3 Å². The van der Waals surface area contributed by atoms with Gasteiger partial charge < -0.3 is 19.9 Å². The van der Waals surface area contributed by atoms with Crippen LogP contribution in [-0.2, 0) is 10.8 Å². The van der Waals surface area contributed by atoms with Crippen molar-refractivity contribution in [3.8, 4) is 5.88 Å². The van der Waals surface area contributed by atoms with Gasteiger partial charge in [0, 0.05) is 61.6 Å². The molecule has 2 aliphatic rings. The first kappa shape index (κ1) is 19.7. The number of nitrogens with one attached hydrogen (secondary N) is 1. The molecule has 0 aromatic carbocycles. The second kappa shape index (κ2) is 9.27. The van der Waals surface area contributed by atoms with Crippen molar-refractivity contribution in [2.75, 3.05) is 67.2 Å². The Morgan fingerprint density at radius 1 is 1.19 bits per heavy atom. The summed E-state index contributed by atoms with van der Waals surface area (Å²) in [4.78, 5) is 24.1. The van der Waals surface area contributed by atoms with Gasteiger partial charge in [-0.05, 0) is 6.42 Å². The molecule has 0 spiro atoms. The van der Waals surface area contributed by atoms with Crippen molar-refractivity contribution in [3.63, 3.8) is 0 Å². The Balaban J connectivity index is 1.99. The van der Waals surface area contributed by atoms with E-state index >= 15 is 0 Å². The fraction of sp³-hybridized carbons (Fsp3) is 0.750. The molecule has 0 unspecified atom stereocenters. The largest absolute Gasteiger partial charge is 0.473 e. The predicted molar refractivity (Wildman–Crippen MR) is 104 cm³/mol. The summed E-state index contributed by atoms with van der Waals surface area (Å²) >= 11 is 0. The molecule has 11 heteroatoms. The fourth-order valence-corrected chi connectivity index (χ4v) is 4.11. The van der Waals surface area contributed by atoms with Crippen molar-refractivity contribution in [1.82, 2.24) is 15.3 Å². The van der Waals surface area contributed by atoms with E-state index in [1.807, 2.05) is 16.7 Å². The molecule has 1 aromatic heterocycles. The molecule has 0 amide bonds. The number of hydrogen-bond acceptors (Lipinski definition) is 9. The zero-order valence-corrected chi connectivity index (χ0v) is 16.4. The van der Waals surface area contributed by atoms with Gasteiger partial charge in [-0.1, -0.05) is 13.3 Å². The second-order valence-corrected chi connectivity index (χ2v) is 8.23. The van der Waals surface area contributed by atoms with Crippen LogP contribution in [0.4, 0.5) is 17.5 Å². The summed E-state index contributed by atoms with van der Waals surface area (Å²) in [5, 5.41) is 15.1. The smallest absolute Gasteiger partial charge is 0.373 e. The average Bonchev–Trinajstić information content (AvgIpc) is 2.68. The molecule has 2 saturated heterocycles. The lowest BCUT2D eigenvalue weighted by atomic mass is 10.3. The number of aromatic nitrogens is 2. The first-order valence-electron chi connectivity index (χ1n) is 9.35. The maximum absolute atomic E-state index is 11.8. The molecule has 2 fully saturated rings. The van der Waals surface area contributed by atoms with Crippen molar-refractivity contribution in [2.45, 2.75) is 19.8 Å². The van der Waals surface area contributed by atoms with E-state index < -0.39 is 15.7 Å². The van der Waals surface area contributed by atoms with Gasteiger partial charge in [0.2, 0.25) is 11.8 Å². The molecule has 27 heavy (non-hydrogen) atoms. The van der Waals surface area contributed by atoms with E-state index in [1.54, 1.807) is 0 Å². The summed E-state index contributed by atoms with van der Waals surface area (Å²) in [5.74, 6) is 1.72. The van der Waals surface area contributed by atoms with Gasteiger partial charge in [-0.2, -0.15) is 9.97 Å². The van der Waals surface area contributed by atoms with Gasteiger partial charge in [-0.3, -0.25) is 14.3 Å². The van der Waals surface area contributed by atoms with Gasteiger partial charge in [-0.25, -0.2) is 0 Å². The SMILES string of the molecule is CCCCOc1nc(N2CCNCC2)nc(N2CCS(=O)CC2)c1[N+](=O)[O-]. The number of anilines is 2. The summed E-state index contributed by atoms with van der Waals surface area (Å²) < 4.78 is 17.4. The number of hydrogen-bond donors (Lipinski definition) is 1. The molecule has 0 saturated carbocycles. The number of ether oxygens (including phenoxy) is 1. The van der Waals surface area contributed by atoms with Crippen LogP contribution in [0.25, 0.3) is 0 Å². The van der Waals surface area contributed by atoms with E-state index in [0.29, 0.717) is 37.2 Å². The van der Waals surface area contributed by atoms with Crippen LogP contribution in [0.5, 0.6) is 5.88 Å². The lowest BCUT2D eigenvalue weighted by Crippen LogP contribution is -2.44. The Hall–Kier alpha value is -2.01.